The molecule has 0 spiro atoms. The molecule has 0 atom stereocenters. The number of carbonyl (C=O) groups excluding carboxylic acids is 1. The van der Waals surface area contributed by atoms with Gasteiger partial charge in [0, 0.05) is 30.7 Å². The highest BCUT2D eigenvalue weighted by Gasteiger charge is 2.17. The van der Waals surface area contributed by atoms with Crippen molar-refractivity contribution in [1.29, 1.82) is 5.41 Å². The van der Waals surface area contributed by atoms with Crippen LogP contribution in [0.25, 0.3) is 5.57 Å². The first-order valence-corrected chi connectivity index (χ1v) is 10.3. The molecule has 2 heterocycles. The Balaban J connectivity index is 2.00. The molecule has 11 heteroatoms. The molecule has 0 aliphatic carbocycles. The van der Waals surface area contributed by atoms with Crippen LogP contribution >= 0.6 is 11.6 Å². The Kier molecular flexibility index (Phi) is 8.11. The van der Waals surface area contributed by atoms with Gasteiger partial charge in [0.2, 0.25) is 11.9 Å². The molecule has 33 heavy (non-hydrogen) atoms. The first kappa shape index (κ1) is 23.9. The van der Waals surface area contributed by atoms with Gasteiger partial charge in [0.25, 0.3) is 0 Å². The zero-order chi connectivity index (χ0) is 23.8. The van der Waals surface area contributed by atoms with Gasteiger partial charge in [-0.05, 0) is 36.3 Å². The molecule has 0 fully saturated rings. The summed E-state index contributed by atoms with van der Waals surface area (Å²) in [6, 6.07) is 4.13. The summed E-state index contributed by atoms with van der Waals surface area (Å²) in [5.74, 6) is -0.472. The maximum atomic E-state index is 14.6. The van der Waals surface area contributed by atoms with E-state index in [1.165, 1.54) is 24.4 Å². The van der Waals surface area contributed by atoms with E-state index in [4.69, 9.17) is 21.7 Å². The zero-order valence-electron chi connectivity index (χ0n) is 17.8. The van der Waals surface area contributed by atoms with Gasteiger partial charge < -0.3 is 26.0 Å². The van der Waals surface area contributed by atoms with Gasteiger partial charge in [-0.25, -0.2) is 9.37 Å². The molecule has 1 amide bonds. The Morgan fingerprint density at radius 2 is 2.18 bits per heavy atom. The molecule has 1 aromatic carbocycles. The van der Waals surface area contributed by atoms with E-state index in [9.17, 15) is 9.18 Å². The van der Waals surface area contributed by atoms with Gasteiger partial charge in [0.15, 0.2) is 0 Å². The van der Waals surface area contributed by atoms with Crippen molar-refractivity contribution >= 4 is 51.4 Å². The average Bonchev–Trinajstić information content (AvgIpc) is 2.81. The van der Waals surface area contributed by atoms with Crippen molar-refractivity contribution in [3.8, 4) is 0 Å². The number of ether oxygens (including phenoxy) is 1. The second kappa shape index (κ2) is 11.2. The van der Waals surface area contributed by atoms with Crippen LogP contribution in [-0.4, -0.2) is 41.3 Å². The van der Waals surface area contributed by atoms with Crippen LogP contribution < -0.4 is 21.3 Å². The minimum atomic E-state index is -0.537. The number of hydrogen-bond donors (Lipinski definition) is 5. The number of hydrogen-bond acceptors (Lipinski definition) is 8. The number of carbonyl (C=O) groups is 1. The van der Waals surface area contributed by atoms with Crippen LogP contribution in [0.15, 0.2) is 55.0 Å². The van der Waals surface area contributed by atoms with E-state index >= 15 is 0 Å². The van der Waals surface area contributed by atoms with Gasteiger partial charge in [-0.1, -0.05) is 24.3 Å². The standard InChI is InChI=1S/C22H23ClFN7O2/c1-3-19(32)28-14-4-5-16(24)17(10-14)29-21-15(13-6-8-33-9-7-13)11-27-22(31-21)30-18(12-26-2)20(23)25/h3-6,10-12,25-26H,1,7-9H2,2H3,(H,28,32)(H2,27,29,30,31)/b18-12+,25-20?. The van der Waals surface area contributed by atoms with E-state index in [0.29, 0.717) is 36.7 Å². The highest BCUT2D eigenvalue weighted by Crippen LogP contribution is 2.31. The molecule has 0 saturated carbocycles. The summed E-state index contributed by atoms with van der Waals surface area (Å²) in [6.45, 7) is 4.40. The molecule has 0 saturated heterocycles. The van der Waals surface area contributed by atoms with E-state index in [1.807, 2.05) is 6.08 Å². The molecule has 0 radical (unpaired) electrons. The molecule has 1 aliphatic rings. The van der Waals surface area contributed by atoms with E-state index in [2.05, 4.69) is 37.8 Å². The molecule has 1 aliphatic heterocycles. The largest absolute Gasteiger partial charge is 0.392 e. The Hall–Kier alpha value is -3.76. The molecule has 0 unspecified atom stereocenters. The second-order valence-corrected chi connectivity index (χ2v) is 7.19. The van der Waals surface area contributed by atoms with Crippen molar-refractivity contribution in [2.45, 2.75) is 6.42 Å². The third kappa shape index (κ3) is 6.37. The smallest absolute Gasteiger partial charge is 0.247 e. The lowest BCUT2D eigenvalue weighted by molar-refractivity contribution is -0.111. The fourth-order valence-electron chi connectivity index (χ4n) is 2.98. The summed E-state index contributed by atoms with van der Waals surface area (Å²) >= 11 is 5.81. The van der Waals surface area contributed by atoms with Gasteiger partial charge in [0.1, 0.15) is 16.8 Å². The number of aromatic nitrogens is 2. The lowest BCUT2D eigenvalue weighted by Crippen LogP contribution is -2.14. The van der Waals surface area contributed by atoms with Gasteiger partial charge in [-0.3, -0.25) is 10.2 Å². The first-order valence-electron chi connectivity index (χ1n) is 9.94. The number of halogens is 2. The normalized spacial score (nSPS) is 13.5. The van der Waals surface area contributed by atoms with Crippen molar-refractivity contribution in [1.82, 2.24) is 15.3 Å². The molecular formula is C22H23ClFN7O2. The molecule has 1 aromatic heterocycles. The van der Waals surface area contributed by atoms with Gasteiger partial charge in [0.05, 0.1) is 24.6 Å². The lowest BCUT2D eigenvalue weighted by atomic mass is 10.0. The number of amides is 1. The predicted octanol–water partition coefficient (Wildman–Crippen LogP) is 3.98. The van der Waals surface area contributed by atoms with Crippen LogP contribution in [-0.2, 0) is 9.53 Å². The van der Waals surface area contributed by atoms with Crippen molar-refractivity contribution in [3.63, 3.8) is 0 Å². The minimum Gasteiger partial charge on any atom is -0.392 e. The predicted molar refractivity (Wildman–Crippen MR) is 128 cm³/mol. The van der Waals surface area contributed by atoms with Crippen molar-refractivity contribution < 1.29 is 13.9 Å². The quantitative estimate of drug-likeness (QED) is 0.277. The molecule has 0 bridgehead atoms. The first-order chi connectivity index (χ1) is 15.9. The van der Waals surface area contributed by atoms with Crippen LogP contribution in [0.3, 0.4) is 0 Å². The zero-order valence-corrected chi connectivity index (χ0v) is 18.6. The van der Waals surface area contributed by atoms with Gasteiger partial charge in [-0.2, -0.15) is 4.98 Å². The van der Waals surface area contributed by atoms with E-state index < -0.39 is 11.7 Å². The number of anilines is 4. The lowest BCUT2D eigenvalue weighted by Gasteiger charge is -2.18. The SMILES string of the molecule is C=CC(=O)Nc1ccc(F)c(Nc2nc(N/C(=C/NC)C(=N)Cl)ncc2C2=CCOCC2)c1. The summed E-state index contributed by atoms with van der Waals surface area (Å²) in [4.78, 5) is 20.4. The summed E-state index contributed by atoms with van der Waals surface area (Å²) in [5, 5.41) is 18.7. The van der Waals surface area contributed by atoms with Crippen LogP contribution in [0.4, 0.5) is 27.5 Å². The molecule has 9 nitrogen and oxygen atoms in total. The van der Waals surface area contributed by atoms with Crippen molar-refractivity contribution in [2.75, 3.05) is 36.2 Å². The number of benzene rings is 1. The fraction of sp³-hybridized carbons (Fsp3) is 0.182. The van der Waals surface area contributed by atoms with Crippen molar-refractivity contribution in [3.05, 3.63) is 66.4 Å². The Morgan fingerprint density at radius 1 is 1.36 bits per heavy atom. The number of allylic oxidation sites excluding steroid dienone is 1. The van der Waals surface area contributed by atoms with Crippen LogP contribution in [0.5, 0.6) is 0 Å². The second-order valence-electron chi connectivity index (χ2n) is 6.81. The Bertz CT molecular complexity index is 1130. The summed E-state index contributed by atoms with van der Waals surface area (Å²) in [6.07, 6.45) is 6.77. The average molecular weight is 472 g/mol. The third-order valence-corrected chi connectivity index (χ3v) is 4.75. The minimum absolute atomic E-state index is 0.103. The van der Waals surface area contributed by atoms with E-state index in [0.717, 1.165) is 11.6 Å². The van der Waals surface area contributed by atoms with Crippen LogP contribution in [0.1, 0.15) is 12.0 Å². The highest BCUT2D eigenvalue weighted by molar-refractivity contribution is 6.68. The third-order valence-electron chi connectivity index (χ3n) is 4.54. The summed E-state index contributed by atoms with van der Waals surface area (Å²) in [7, 11) is 1.66. The molecule has 172 valence electrons. The number of nitrogens with one attached hydrogen (secondary N) is 5. The van der Waals surface area contributed by atoms with Crippen LogP contribution in [0, 0.1) is 11.2 Å². The maximum Gasteiger partial charge on any atom is 0.247 e. The molecule has 2 aromatic rings. The van der Waals surface area contributed by atoms with Crippen LogP contribution in [0.2, 0.25) is 0 Å². The highest BCUT2D eigenvalue weighted by atomic mass is 35.5. The molecular weight excluding hydrogens is 449 g/mol. The number of rotatable bonds is 9. The maximum absolute atomic E-state index is 14.6. The topological polar surface area (TPSA) is 124 Å². The van der Waals surface area contributed by atoms with Gasteiger partial charge in [-0.15, -0.1) is 0 Å². The molecule has 3 rings (SSSR count). The Morgan fingerprint density at radius 3 is 2.85 bits per heavy atom. The molecule has 5 N–H and O–H groups in total. The van der Waals surface area contributed by atoms with Crippen molar-refractivity contribution in [2.24, 2.45) is 0 Å². The monoisotopic (exact) mass is 471 g/mol. The summed E-state index contributed by atoms with van der Waals surface area (Å²) in [5.41, 5.74) is 2.36. The summed E-state index contributed by atoms with van der Waals surface area (Å²) < 4.78 is 20.0. The van der Waals surface area contributed by atoms with E-state index in [-0.39, 0.29) is 22.5 Å². The fourth-order valence-corrected chi connectivity index (χ4v) is 3.08. The van der Waals surface area contributed by atoms with E-state index in [1.54, 1.807) is 13.2 Å². The number of nitrogens with zero attached hydrogens (tertiary/aromatic N) is 2. The van der Waals surface area contributed by atoms with Gasteiger partial charge >= 0.3 is 0 Å². The Labute approximate surface area is 195 Å².